The Morgan fingerprint density at radius 1 is 1.33 bits per heavy atom. The molecule has 0 amide bonds. The van der Waals surface area contributed by atoms with Crippen LogP contribution in [0, 0.1) is 11.8 Å². The van der Waals surface area contributed by atoms with Crippen LogP contribution in [0.4, 0.5) is 0 Å². The van der Waals surface area contributed by atoms with E-state index in [2.05, 4.69) is 18.4 Å². The van der Waals surface area contributed by atoms with Crippen molar-refractivity contribution in [1.82, 2.24) is 4.90 Å². The quantitative estimate of drug-likeness (QED) is 0.632. The van der Waals surface area contributed by atoms with E-state index < -0.39 is 0 Å². The molecule has 0 spiro atoms. The van der Waals surface area contributed by atoms with E-state index in [0.717, 1.165) is 11.8 Å². The van der Waals surface area contributed by atoms with Gasteiger partial charge in [0.25, 0.3) is 0 Å². The Bertz CT molecular complexity index is 283. The zero-order valence-electron chi connectivity index (χ0n) is 9.97. The lowest BCUT2D eigenvalue weighted by Gasteiger charge is -2.42. The fraction of sp³-hybridized carbons (Fsp3) is 0.857. The van der Waals surface area contributed by atoms with Crippen LogP contribution < -0.4 is 0 Å². The average molecular weight is 205 g/mol. The van der Waals surface area contributed by atoms with Crippen LogP contribution in [0.5, 0.6) is 0 Å². The van der Waals surface area contributed by atoms with E-state index in [1.165, 1.54) is 57.2 Å². The number of hydrogen-bond donors (Lipinski definition) is 0. The highest BCUT2D eigenvalue weighted by molar-refractivity contribution is 5.13. The highest BCUT2D eigenvalue weighted by Gasteiger charge is 2.47. The Kier molecular flexibility index (Phi) is 2.12. The first-order valence-corrected chi connectivity index (χ1v) is 6.69. The molecular formula is C14H23N. The molecule has 2 aliphatic heterocycles. The largest absolute Gasteiger partial charge is 0.369 e. The summed E-state index contributed by atoms with van der Waals surface area (Å²) in [7, 11) is 0. The van der Waals surface area contributed by atoms with Crippen LogP contribution in [0.2, 0.25) is 0 Å². The smallest absolute Gasteiger partial charge is 0.0399 e. The molecule has 15 heavy (non-hydrogen) atoms. The zero-order chi connectivity index (χ0) is 10.5. The molecule has 0 aromatic carbocycles. The summed E-state index contributed by atoms with van der Waals surface area (Å²) in [5, 5.41) is 0. The maximum Gasteiger partial charge on any atom is 0.0399 e. The average Bonchev–Trinajstić information content (AvgIpc) is 2.79. The first-order chi connectivity index (χ1) is 7.23. The van der Waals surface area contributed by atoms with Gasteiger partial charge < -0.3 is 4.90 Å². The summed E-state index contributed by atoms with van der Waals surface area (Å²) in [6, 6.07) is 0. The predicted octanol–water partition coefficient (Wildman–Crippen LogP) is 3.56. The normalized spacial score (nSPS) is 44.3. The van der Waals surface area contributed by atoms with Crippen LogP contribution in [-0.2, 0) is 0 Å². The van der Waals surface area contributed by atoms with Gasteiger partial charge in [-0.25, -0.2) is 0 Å². The van der Waals surface area contributed by atoms with E-state index in [4.69, 9.17) is 0 Å². The van der Waals surface area contributed by atoms with Crippen molar-refractivity contribution < 1.29 is 0 Å². The summed E-state index contributed by atoms with van der Waals surface area (Å²) >= 11 is 0. The Labute approximate surface area is 93.5 Å². The molecule has 3 fully saturated rings. The molecule has 0 aromatic rings. The lowest BCUT2D eigenvalue weighted by molar-refractivity contribution is 0.125. The second-order valence-electron chi connectivity index (χ2n) is 6.01. The Morgan fingerprint density at radius 2 is 2.13 bits per heavy atom. The third-order valence-electron chi connectivity index (χ3n) is 5.25. The molecular weight excluding hydrogens is 182 g/mol. The first-order valence-electron chi connectivity index (χ1n) is 6.69. The molecule has 1 heteroatoms. The summed E-state index contributed by atoms with van der Waals surface area (Å²) < 4.78 is 0. The van der Waals surface area contributed by atoms with Crippen molar-refractivity contribution in [2.24, 2.45) is 11.8 Å². The topological polar surface area (TPSA) is 3.24 Å². The zero-order valence-corrected chi connectivity index (χ0v) is 9.97. The third kappa shape index (κ3) is 1.35. The predicted molar refractivity (Wildman–Crippen MR) is 63.6 cm³/mol. The molecule has 0 aromatic heterocycles. The number of rotatable bonds is 1. The van der Waals surface area contributed by atoms with E-state index >= 15 is 0 Å². The molecule has 2 saturated heterocycles. The fourth-order valence-electron chi connectivity index (χ4n) is 4.31. The van der Waals surface area contributed by atoms with Crippen molar-refractivity contribution in [3.8, 4) is 0 Å². The summed E-state index contributed by atoms with van der Waals surface area (Å²) in [5.41, 5.74) is 1.97. The number of allylic oxidation sites excluding steroid dienone is 1. The molecule has 1 nitrogen and oxygen atoms in total. The van der Waals surface area contributed by atoms with Crippen molar-refractivity contribution in [3.63, 3.8) is 0 Å². The van der Waals surface area contributed by atoms with Crippen LogP contribution >= 0.6 is 0 Å². The highest BCUT2D eigenvalue weighted by Crippen LogP contribution is 2.50. The second kappa shape index (κ2) is 3.26. The van der Waals surface area contributed by atoms with Gasteiger partial charge in [0.1, 0.15) is 0 Å². The van der Waals surface area contributed by atoms with Gasteiger partial charge in [-0.05, 0) is 50.4 Å². The molecule has 2 heterocycles. The lowest BCUT2D eigenvalue weighted by atomic mass is 9.87. The number of hydrogen-bond acceptors (Lipinski definition) is 1. The summed E-state index contributed by atoms with van der Waals surface area (Å²) in [5.74, 6) is 1.96. The van der Waals surface area contributed by atoms with Crippen LogP contribution in [0.3, 0.4) is 0 Å². The van der Waals surface area contributed by atoms with Crippen molar-refractivity contribution in [3.05, 3.63) is 12.3 Å². The molecule has 1 saturated carbocycles. The Hall–Kier alpha value is -0.460. The molecule has 3 aliphatic rings. The minimum absolute atomic E-state index is 0.525. The van der Waals surface area contributed by atoms with Crippen molar-refractivity contribution in [2.45, 2.75) is 57.4 Å². The van der Waals surface area contributed by atoms with Crippen molar-refractivity contribution in [1.29, 1.82) is 0 Å². The monoisotopic (exact) mass is 205 g/mol. The van der Waals surface area contributed by atoms with E-state index in [9.17, 15) is 0 Å². The van der Waals surface area contributed by atoms with Gasteiger partial charge in [0.15, 0.2) is 0 Å². The van der Waals surface area contributed by atoms with E-state index in [-0.39, 0.29) is 0 Å². The molecule has 3 rings (SSSR count). The lowest BCUT2D eigenvalue weighted by Crippen LogP contribution is -2.44. The van der Waals surface area contributed by atoms with Gasteiger partial charge >= 0.3 is 0 Å². The Morgan fingerprint density at radius 3 is 2.93 bits per heavy atom. The standard InChI is InChI=1S/C14H23N/c1-3-14-7-6-12(9-14)4-5-13-8-11(2)15(14)10-13/h12-13H,2-10H2,1H3/t12?,13-,14?/m1/s1. The minimum atomic E-state index is 0.525. The van der Waals surface area contributed by atoms with Crippen LogP contribution in [-0.4, -0.2) is 17.0 Å². The van der Waals surface area contributed by atoms with Gasteiger partial charge in [-0.2, -0.15) is 0 Å². The highest BCUT2D eigenvalue weighted by atomic mass is 15.2. The third-order valence-corrected chi connectivity index (χ3v) is 5.25. The van der Waals surface area contributed by atoms with E-state index in [1.807, 2.05) is 0 Å². The minimum Gasteiger partial charge on any atom is -0.369 e. The molecule has 3 atom stereocenters. The number of nitrogens with zero attached hydrogens (tertiary/aromatic N) is 1. The van der Waals surface area contributed by atoms with Crippen LogP contribution in [0.1, 0.15) is 51.9 Å². The molecule has 0 N–H and O–H groups in total. The van der Waals surface area contributed by atoms with Crippen LogP contribution in [0.15, 0.2) is 12.3 Å². The van der Waals surface area contributed by atoms with Crippen molar-refractivity contribution in [2.75, 3.05) is 6.54 Å². The van der Waals surface area contributed by atoms with Gasteiger partial charge in [0, 0.05) is 17.8 Å². The number of fused-ring (bicyclic) bond motifs is 5. The first kappa shape index (κ1) is 9.74. The van der Waals surface area contributed by atoms with Gasteiger partial charge in [-0.3, -0.25) is 0 Å². The maximum absolute atomic E-state index is 4.32. The van der Waals surface area contributed by atoms with Gasteiger partial charge in [0.05, 0.1) is 0 Å². The van der Waals surface area contributed by atoms with Crippen molar-refractivity contribution >= 4 is 0 Å². The maximum atomic E-state index is 4.32. The fourth-order valence-corrected chi connectivity index (χ4v) is 4.31. The van der Waals surface area contributed by atoms with Gasteiger partial charge in [0.2, 0.25) is 0 Å². The summed E-state index contributed by atoms with van der Waals surface area (Å²) in [6.07, 6.45) is 9.93. The molecule has 4 bridgehead atoms. The molecule has 0 radical (unpaired) electrons. The SMILES string of the molecule is C=C1C[C@H]2CCC3CCC(CC)(C3)N1C2. The second-order valence-corrected chi connectivity index (χ2v) is 6.01. The van der Waals surface area contributed by atoms with Crippen LogP contribution in [0.25, 0.3) is 0 Å². The molecule has 1 aliphatic carbocycles. The van der Waals surface area contributed by atoms with E-state index in [1.54, 1.807) is 0 Å². The van der Waals surface area contributed by atoms with Gasteiger partial charge in [-0.15, -0.1) is 0 Å². The van der Waals surface area contributed by atoms with Gasteiger partial charge in [-0.1, -0.05) is 19.9 Å². The molecule has 2 unspecified atom stereocenters. The summed E-state index contributed by atoms with van der Waals surface area (Å²) in [4.78, 5) is 2.71. The van der Waals surface area contributed by atoms with E-state index in [0.29, 0.717) is 5.54 Å². The molecule has 84 valence electrons. The summed E-state index contributed by atoms with van der Waals surface area (Å²) in [6.45, 7) is 8.01. The Balaban J connectivity index is 1.95.